The van der Waals surface area contributed by atoms with E-state index in [2.05, 4.69) is 24.1 Å². The summed E-state index contributed by atoms with van der Waals surface area (Å²) < 4.78 is 5.20. The Morgan fingerprint density at radius 1 is 1.47 bits per heavy atom. The van der Waals surface area contributed by atoms with Crippen LogP contribution in [0.4, 0.5) is 0 Å². The Hall–Kier alpha value is -0.120. The van der Waals surface area contributed by atoms with Gasteiger partial charge in [-0.1, -0.05) is 6.92 Å². The molecule has 0 aromatic heterocycles. The van der Waals surface area contributed by atoms with E-state index in [4.69, 9.17) is 4.74 Å². The minimum Gasteiger partial charge on any atom is -0.383 e. The largest absolute Gasteiger partial charge is 0.383 e. The van der Waals surface area contributed by atoms with E-state index in [1.807, 2.05) is 7.05 Å². The van der Waals surface area contributed by atoms with Gasteiger partial charge in [-0.05, 0) is 39.3 Å². The first kappa shape index (κ1) is 12.9. The number of piperidine rings is 1. The van der Waals surface area contributed by atoms with Gasteiger partial charge >= 0.3 is 0 Å². The lowest BCUT2D eigenvalue weighted by Gasteiger charge is -2.38. The molecule has 0 saturated carbocycles. The molecule has 1 rings (SSSR count). The molecule has 15 heavy (non-hydrogen) atoms. The third kappa shape index (κ3) is 4.09. The lowest BCUT2D eigenvalue weighted by atomic mass is 9.93. The van der Waals surface area contributed by atoms with Gasteiger partial charge in [0.1, 0.15) is 0 Å². The van der Waals surface area contributed by atoms with Crippen molar-refractivity contribution in [3.63, 3.8) is 0 Å². The van der Waals surface area contributed by atoms with Crippen molar-refractivity contribution in [2.45, 2.75) is 38.8 Å². The number of rotatable bonds is 5. The van der Waals surface area contributed by atoms with Crippen molar-refractivity contribution < 1.29 is 4.74 Å². The van der Waals surface area contributed by atoms with Crippen molar-refractivity contribution in [2.75, 3.05) is 33.9 Å². The second-order valence-corrected chi connectivity index (χ2v) is 4.91. The van der Waals surface area contributed by atoms with Crippen molar-refractivity contribution in [3.8, 4) is 0 Å². The zero-order valence-corrected chi connectivity index (χ0v) is 10.6. The molecule has 1 fully saturated rings. The summed E-state index contributed by atoms with van der Waals surface area (Å²) in [6.07, 6.45) is 2.68. The summed E-state index contributed by atoms with van der Waals surface area (Å²) in [5.41, 5.74) is 0. The van der Waals surface area contributed by atoms with Gasteiger partial charge in [0.25, 0.3) is 0 Å². The fourth-order valence-electron chi connectivity index (χ4n) is 2.44. The topological polar surface area (TPSA) is 24.5 Å². The highest BCUT2D eigenvalue weighted by Gasteiger charge is 2.24. The van der Waals surface area contributed by atoms with Crippen LogP contribution in [0.15, 0.2) is 0 Å². The summed E-state index contributed by atoms with van der Waals surface area (Å²) in [7, 11) is 3.78. The van der Waals surface area contributed by atoms with Crippen LogP contribution in [0, 0.1) is 5.92 Å². The zero-order valence-electron chi connectivity index (χ0n) is 10.6. The third-order valence-corrected chi connectivity index (χ3v) is 3.51. The van der Waals surface area contributed by atoms with Gasteiger partial charge in [-0.15, -0.1) is 0 Å². The third-order valence-electron chi connectivity index (χ3n) is 3.51. The van der Waals surface area contributed by atoms with E-state index in [1.54, 1.807) is 7.11 Å². The van der Waals surface area contributed by atoms with Gasteiger partial charge in [-0.3, -0.25) is 4.90 Å². The van der Waals surface area contributed by atoms with Gasteiger partial charge in [0.15, 0.2) is 0 Å². The monoisotopic (exact) mass is 214 g/mol. The van der Waals surface area contributed by atoms with E-state index in [0.717, 1.165) is 25.1 Å². The molecule has 0 radical (unpaired) electrons. The predicted molar refractivity (Wildman–Crippen MR) is 64.2 cm³/mol. The molecule has 0 amide bonds. The van der Waals surface area contributed by atoms with Crippen LogP contribution >= 0.6 is 0 Å². The van der Waals surface area contributed by atoms with Crippen molar-refractivity contribution in [2.24, 2.45) is 5.92 Å². The van der Waals surface area contributed by atoms with Crippen molar-refractivity contribution in [1.29, 1.82) is 0 Å². The second kappa shape index (κ2) is 6.46. The number of methoxy groups -OCH3 is 1. The van der Waals surface area contributed by atoms with Crippen LogP contribution < -0.4 is 5.32 Å². The van der Waals surface area contributed by atoms with Crippen LogP contribution in [0.5, 0.6) is 0 Å². The number of hydrogen-bond acceptors (Lipinski definition) is 3. The maximum absolute atomic E-state index is 5.20. The number of nitrogens with one attached hydrogen (secondary N) is 1. The predicted octanol–water partition coefficient (Wildman–Crippen LogP) is 1.34. The lowest BCUT2D eigenvalue weighted by Crippen LogP contribution is -2.48. The highest BCUT2D eigenvalue weighted by Crippen LogP contribution is 2.21. The summed E-state index contributed by atoms with van der Waals surface area (Å²) in [5.74, 6) is 0.895. The molecule has 3 atom stereocenters. The number of likely N-dealkylation sites (N-methyl/N-ethyl adjacent to an activating group) is 1. The highest BCUT2D eigenvalue weighted by atomic mass is 16.5. The first-order valence-corrected chi connectivity index (χ1v) is 6.07. The molecule has 0 bridgehead atoms. The Kier molecular flexibility index (Phi) is 5.58. The number of nitrogens with zero attached hydrogens (tertiary/aromatic N) is 1. The molecule has 0 aliphatic carbocycles. The van der Waals surface area contributed by atoms with Gasteiger partial charge in [0.05, 0.1) is 6.61 Å². The van der Waals surface area contributed by atoms with Gasteiger partial charge < -0.3 is 10.1 Å². The van der Waals surface area contributed by atoms with E-state index in [1.165, 1.54) is 19.4 Å². The van der Waals surface area contributed by atoms with Crippen LogP contribution in [-0.2, 0) is 4.74 Å². The van der Waals surface area contributed by atoms with E-state index in [9.17, 15) is 0 Å². The normalized spacial score (nSPS) is 30.4. The van der Waals surface area contributed by atoms with Crippen LogP contribution in [0.25, 0.3) is 0 Å². The van der Waals surface area contributed by atoms with E-state index >= 15 is 0 Å². The maximum atomic E-state index is 5.20. The Balaban J connectivity index is 2.35. The molecule has 0 aromatic rings. The van der Waals surface area contributed by atoms with Gasteiger partial charge in [-0.2, -0.15) is 0 Å². The number of ether oxygens (including phenoxy) is 1. The molecule has 90 valence electrons. The van der Waals surface area contributed by atoms with E-state index in [0.29, 0.717) is 6.04 Å². The van der Waals surface area contributed by atoms with Crippen molar-refractivity contribution >= 4 is 0 Å². The standard InChI is InChI=1S/C12H26N2O/c1-10-5-6-14(11(2)7-10)8-12(13-3)9-15-4/h10-13H,5-9H2,1-4H3. The second-order valence-electron chi connectivity index (χ2n) is 4.91. The van der Waals surface area contributed by atoms with Crippen LogP contribution in [0.3, 0.4) is 0 Å². The van der Waals surface area contributed by atoms with Gasteiger partial charge in [0.2, 0.25) is 0 Å². The molecule has 0 spiro atoms. The van der Waals surface area contributed by atoms with E-state index < -0.39 is 0 Å². The number of likely N-dealkylation sites (tertiary alicyclic amines) is 1. The van der Waals surface area contributed by atoms with Crippen molar-refractivity contribution in [3.05, 3.63) is 0 Å². The smallest absolute Gasteiger partial charge is 0.0628 e. The quantitative estimate of drug-likeness (QED) is 0.747. The highest BCUT2D eigenvalue weighted by molar-refractivity contribution is 4.80. The fraction of sp³-hybridized carbons (Fsp3) is 1.00. The molecular weight excluding hydrogens is 188 g/mol. The fourth-order valence-corrected chi connectivity index (χ4v) is 2.44. The summed E-state index contributed by atoms with van der Waals surface area (Å²) in [6.45, 7) is 7.85. The lowest BCUT2D eigenvalue weighted by molar-refractivity contribution is 0.0909. The van der Waals surface area contributed by atoms with Gasteiger partial charge in [-0.25, -0.2) is 0 Å². The number of hydrogen-bond donors (Lipinski definition) is 1. The minimum atomic E-state index is 0.464. The zero-order chi connectivity index (χ0) is 11.3. The van der Waals surface area contributed by atoms with Crippen LogP contribution in [0.2, 0.25) is 0 Å². The Morgan fingerprint density at radius 3 is 2.73 bits per heavy atom. The Bertz CT molecular complexity index is 175. The Morgan fingerprint density at radius 2 is 2.20 bits per heavy atom. The molecule has 3 heteroatoms. The van der Waals surface area contributed by atoms with Crippen molar-refractivity contribution in [1.82, 2.24) is 10.2 Å². The summed E-state index contributed by atoms with van der Waals surface area (Å²) in [6, 6.07) is 1.19. The minimum absolute atomic E-state index is 0.464. The van der Waals surface area contributed by atoms with Gasteiger partial charge in [0, 0.05) is 25.7 Å². The average Bonchev–Trinajstić information content (AvgIpc) is 2.21. The molecule has 1 aliphatic heterocycles. The SMILES string of the molecule is CNC(COC)CN1CCC(C)CC1C. The average molecular weight is 214 g/mol. The molecule has 1 saturated heterocycles. The molecule has 3 nitrogen and oxygen atoms in total. The Labute approximate surface area is 94.2 Å². The first-order chi connectivity index (χ1) is 7.17. The van der Waals surface area contributed by atoms with Crippen LogP contribution in [-0.4, -0.2) is 50.8 Å². The molecule has 0 aromatic carbocycles. The summed E-state index contributed by atoms with van der Waals surface area (Å²) >= 11 is 0. The molecule has 3 unspecified atom stereocenters. The molecule has 1 aliphatic rings. The molecule has 1 heterocycles. The summed E-state index contributed by atoms with van der Waals surface area (Å²) in [4.78, 5) is 2.58. The molecular formula is C12H26N2O. The summed E-state index contributed by atoms with van der Waals surface area (Å²) in [5, 5.41) is 3.32. The van der Waals surface area contributed by atoms with Crippen LogP contribution in [0.1, 0.15) is 26.7 Å². The van der Waals surface area contributed by atoms with E-state index in [-0.39, 0.29) is 0 Å². The molecule has 1 N–H and O–H groups in total. The first-order valence-electron chi connectivity index (χ1n) is 6.07. The maximum Gasteiger partial charge on any atom is 0.0628 e.